The molecule has 0 spiro atoms. The van der Waals surface area contributed by atoms with Crippen LogP contribution >= 0.6 is 39.3 Å². The van der Waals surface area contributed by atoms with Crippen molar-refractivity contribution in [2.24, 2.45) is 0 Å². The van der Waals surface area contributed by atoms with E-state index in [0.717, 1.165) is 9.99 Å². The number of rotatable bonds is 2. The zero-order chi connectivity index (χ0) is 13.4. The first kappa shape index (κ1) is 12.8. The minimum Gasteiger partial charge on any atom is -0.431 e. The molecular weight excluding hydrogens is 350 g/mol. The van der Waals surface area contributed by atoms with Crippen molar-refractivity contribution in [2.75, 3.05) is 5.73 Å². The summed E-state index contributed by atoms with van der Waals surface area (Å²) in [7, 11) is 0. The van der Waals surface area contributed by atoms with E-state index in [9.17, 15) is 0 Å². The summed E-state index contributed by atoms with van der Waals surface area (Å²) in [5.74, 6) is 0. The Kier molecular flexibility index (Phi) is 3.38. The molecule has 0 aliphatic rings. The third-order valence-corrected chi connectivity index (χ3v) is 4.05. The second-order valence-corrected chi connectivity index (χ2v) is 6.01. The van der Waals surface area contributed by atoms with E-state index in [1.54, 1.807) is 30.5 Å². The Morgan fingerprint density at radius 2 is 2.16 bits per heavy atom. The normalized spacial score (nSPS) is 11.1. The molecule has 0 bridgehead atoms. The molecular formula is C12H7BrClN3OS. The second-order valence-electron chi connectivity index (χ2n) is 3.75. The molecule has 1 aromatic carbocycles. The fourth-order valence-corrected chi connectivity index (χ4v) is 2.97. The SMILES string of the molecule is Nc1ccc2oc(Sc3ncc(Br)cc3Cl)nc2c1. The highest BCUT2D eigenvalue weighted by molar-refractivity contribution is 9.10. The molecule has 0 saturated carbocycles. The Labute approximate surface area is 126 Å². The van der Waals surface area contributed by atoms with E-state index in [-0.39, 0.29) is 0 Å². The van der Waals surface area contributed by atoms with E-state index in [2.05, 4.69) is 25.9 Å². The number of aromatic nitrogens is 2. The highest BCUT2D eigenvalue weighted by Gasteiger charge is 2.11. The molecule has 0 atom stereocenters. The van der Waals surface area contributed by atoms with Crippen LogP contribution in [0, 0.1) is 0 Å². The van der Waals surface area contributed by atoms with Gasteiger partial charge in [0.15, 0.2) is 5.58 Å². The van der Waals surface area contributed by atoms with Crippen LogP contribution < -0.4 is 5.73 Å². The number of anilines is 1. The Bertz CT molecular complexity index is 762. The number of benzene rings is 1. The molecule has 3 rings (SSSR count). The van der Waals surface area contributed by atoms with Crippen molar-refractivity contribution in [3.63, 3.8) is 0 Å². The van der Waals surface area contributed by atoms with Crippen molar-refractivity contribution < 1.29 is 4.42 Å². The standard InChI is InChI=1S/C12H7BrClN3OS/c13-6-3-8(14)11(16-5-6)19-12-17-9-4-7(15)1-2-10(9)18-12/h1-5H,15H2. The summed E-state index contributed by atoms with van der Waals surface area (Å²) < 4.78 is 6.42. The first-order valence-electron chi connectivity index (χ1n) is 5.27. The maximum atomic E-state index is 6.10. The first-order valence-corrected chi connectivity index (χ1v) is 7.25. The van der Waals surface area contributed by atoms with Gasteiger partial charge in [0.25, 0.3) is 5.22 Å². The average Bonchev–Trinajstić information content (AvgIpc) is 2.74. The van der Waals surface area contributed by atoms with Crippen LogP contribution in [0.2, 0.25) is 5.02 Å². The summed E-state index contributed by atoms with van der Waals surface area (Å²) in [6, 6.07) is 7.10. The highest BCUT2D eigenvalue weighted by Crippen LogP contribution is 2.34. The number of fused-ring (bicyclic) bond motifs is 1. The quantitative estimate of drug-likeness (QED) is 0.691. The van der Waals surface area contributed by atoms with Gasteiger partial charge >= 0.3 is 0 Å². The first-order chi connectivity index (χ1) is 9.11. The zero-order valence-electron chi connectivity index (χ0n) is 9.43. The van der Waals surface area contributed by atoms with Gasteiger partial charge in [-0.2, -0.15) is 0 Å². The van der Waals surface area contributed by atoms with Gasteiger partial charge in [0, 0.05) is 16.4 Å². The minimum atomic E-state index is 0.484. The number of hydrogen-bond donors (Lipinski definition) is 1. The number of halogens is 2. The molecule has 3 aromatic rings. The van der Waals surface area contributed by atoms with Crippen LogP contribution in [0.25, 0.3) is 11.1 Å². The van der Waals surface area contributed by atoms with E-state index in [1.807, 2.05) is 0 Å². The molecule has 2 heterocycles. The molecule has 4 nitrogen and oxygen atoms in total. The van der Waals surface area contributed by atoms with Gasteiger partial charge < -0.3 is 10.2 Å². The van der Waals surface area contributed by atoms with Gasteiger partial charge in [0.1, 0.15) is 10.5 Å². The summed E-state index contributed by atoms with van der Waals surface area (Å²) in [6.45, 7) is 0. The van der Waals surface area contributed by atoms with Gasteiger partial charge in [-0.05, 0) is 52.0 Å². The maximum Gasteiger partial charge on any atom is 0.263 e. The number of nitrogen functional groups attached to an aromatic ring is 1. The van der Waals surface area contributed by atoms with Crippen LogP contribution in [-0.2, 0) is 0 Å². The van der Waals surface area contributed by atoms with Crippen molar-refractivity contribution in [1.29, 1.82) is 0 Å². The lowest BCUT2D eigenvalue weighted by atomic mass is 10.3. The minimum absolute atomic E-state index is 0.484. The van der Waals surface area contributed by atoms with Gasteiger partial charge in [-0.15, -0.1) is 0 Å². The molecule has 96 valence electrons. The van der Waals surface area contributed by atoms with Crippen LogP contribution in [0.1, 0.15) is 0 Å². The van der Waals surface area contributed by atoms with Crippen molar-refractivity contribution >= 4 is 56.1 Å². The van der Waals surface area contributed by atoms with Crippen molar-refractivity contribution in [3.05, 3.63) is 40.0 Å². The van der Waals surface area contributed by atoms with Gasteiger partial charge in [0.2, 0.25) is 0 Å². The molecule has 0 aliphatic heterocycles. The molecule has 2 aromatic heterocycles. The summed E-state index contributed by atoms with van der Waals surface area (Å²) in [6.07, 6.45) is 1.68. The molecule has 0 fully saturated rings. The topological polar surface area (TPSA) is 64.9 Å². The molecule has 0 radical (unpaired) electrons. The van der Waals surface area contributed by atoms with Gasteiger partial charge in [-0.25, -0.2) is 9.97 Å². The van der Waals surface area contributed by atoms with Crippen molar-refractivity contribution in [1.82, 2.24) is 9.97 Å². The smallest absolute Gasteiger partial charge is 0.263 e. The van der Waals surface area contributed by atoms with Gasteiger partial charge in [-0.3, -0.25) is 0 Å². The van der Waals surface area contributed by atoms with Crippen LogP contribution in [-0.4, -0.2) is 9.97 Å². The summed E-state index contributed by atoms with van der Waals surface area (Å²) >= 11 is 10.7. The fourth-order valence-electron chi connectivity index (χ4n) is 1.53. The Balaban J connectivity index is 1.96. The highest BCUT2D eigenvalue weighted by atomic mass is 79.9. The predicted molar refractivity (Wildman–Crippen MR) is 79.5 cm³/mol. The van der Waals surface area contributed by atoms with E-state index in [4.69, 9.17) is 21.8 Å². The number of nitrogens with two attached hydrogens (primary N) is 1. The fraction of sp³-hybridized carbons (Fsp3) is 0. The van der Waals surface area contributed by atoms with E-state index in [1.165, 1.54) is 11.8 Å². The number of nitrogens with zero attached hydrogens (tertiary/aromatic N) is 2. The predicted octanol–water partition coefficient (Wildman–Crippen LogP) is 4.37. The lowest BCUT2D eigenvalue weighted by Crippen LogP contribution is -1.82. The second kappa shape index (κ2) is 5.03. The van der Waals surface area contributed by atoms with E-state index < -0.39 is 0 Å². The molecule has 2 N–H and O–H groups in total. The zero-order valence-corrected chi connectivity index (χ0v) is 12.6. The molecule has 0 amide bonds. The van der Waals surface area contributed by atoms with Crippen LogP contribution in [0.3, 0.4) is 0 Å². The lowest BCUT2D eigenvalue weighted by molar-refractivity contribution is 0.489. The lowest BCUT2D eigenvalue weighted by Gasteiger charge is -1.99. The van der Waals surface area contributed by atoms with E-state index >= 15 is 0 Å². The van der Waals surface area contributed by atoms with Crippen molar-refractivity contribution in [2.45, 2.75) is 10.2 Å². The van der Waals surface area contributed by atoms with Crippen molar-refractivity contribution in [3.8, 4) is 0 Å². The Morgan fingerprint density at radius 1 is 1.32 bits per heavy atom. The number of pyridine rings is 1. The molecule has 19 heavy (non-hydrogen) atoms. The van der Waals surface area contributed by atoms with Gasteiger partial charge in [-0.1, -0.05) is 11.6 Å². The largest absolute Gasteiger partial charge is 0.431 e. The average molecular weight is 357 g/mol. The Morgan fingerprint density at radius 3 is 2.95 bits per heavy atom. The molecule has 0 saturated heterocycles. The van der Waals surface area contributed by atoms with Crippen LogP contribution in [0.4, 0.5) is 5.69 Å². The number of oxazole rings is 1. The van der Waals surface area contributed by atoms with Crippen LogP contribution in [0.5, 0.6) is 0 Å². The maximum absolute atomic E-state index is 6.10. The summed E-state index contributed by atoms with van der Waals surface area (Å²) in [5, 5.41) is 1.67. The summed E-state index contributed by atoms with van der Waals surface area (Å²) in [5.41, 5.74) is 7.75. The molecule has 7 heteroatoms. The van der Waals surface area contributed by atoms with Crippen LogP contribution in [0.15, 0.2) is 49.6 Å². The third kappa shape index (κ3) is 2.70. The summed E-state index contributed by atoms with van der Waals surface area (Å²) in [4.78, 5) is 8.56. The third-order valence-electron chi connectivity index (χ3n) is 2.35. The van der Waals surface area contributed by atoms with Gasteiger partial charge in [0.05, 0.1) is 5.02 Å². The molecule has 0 aliphatic carbocycles. The Hall–Kier alpha value is -1.24. The molecule has 0 unspecified atom stereocenters. The number of hydrogen-bond acceptors (Lipinski definition) is 5. The van der Waals surface area contributed by atoms with E-state index in [0.29, 0.717) is 26.5 Å². The monoisotopic (exact) mass is 355 g/mol.